The second-order valence-electron chi connectivity index (χ2n) is 10.7. The van der Waals surface area contributed by atoms with Crippen LogP contribution in [-0.2, 0) is 11.4 Å². The first-order valence-corrected chi connectivity index (χ1v) is 13.3. The lowest BCUT2D eigenvalue weighted by atomic mass is 9.68. The maximum absolute atomic E-state index is 13.8. The molecule has 0 bridgehead atoms. The Kier molecular flexibility index (Phi) is 6.01. The summed E-state index contributed by atoms with van der Waals surface area (Å²) in [7, 11) is 0. The predicted molar refractivity (Wildman–Crippen MR) is 152 cm³/mol. The summed E-state index contributed by atoms with van der Waals surface area (Å²) in [5, 5.41) is 7.22. The molecule has 37 heavy (non-hydrogen) atoms. The number of nitrogens with one attached hydrogen (secondary N) is 1. The minimum absolute atomic E-state index is 0.104. The van der Waals surface area contributed by atoms with E-state index in [9.17, 15) is 4.79 Å². The maximum Gasteiger partial charge on any atom is 0.162 e. The van der Waals surface area contributed by atoms with Gasteiger partial charge in [-0.1, -0.05) is 91.6 Å². The highest BCUT2D eigenvalue weighted by Crippen LogP contribution is 2.52. The Labute approximate surface area is 227 Å². The minimum Gasteiger partial charge on any atom is -0.488 e. The van der Waals surface area contributed by atoms with E-state index in [2.05, 4.69) is 55.6 Å². The first-order valence-electron chi connectivity index (χ1n) is 12.5. The summed E-state index contributed by atoms with van der Waals surface area (Å²) in [5.74, 6) is 0.914. The molecule has 2 aliphatic rings. The molecule has 1 atom stereocenters. The molecule has 0 aromatic heterocycles. The lowest BCUT2D eigenvalue weighted by molar-refractivity contribution is -0.118. The molecule has 0 spiro atoms. The number of fused-ring (bicyclic) bond motifs is 4. The van der Waals surface area contributed by atoms with Crippen LogP contribution in [-0.4, -0.2) is 5.78 Å². The average Bonchev–Trinajstić information content (AvgIpc) is 2.87. The van der Waals surface area contributed by atoms with Gasteiger partial charge in [-0.2, -0.15) is 0 Å². The van der Waals surface area contributed by atoms with Gasteiger partial charge in [-0.25, -0.2) is 0 Å². The monoisotopic (exact) mass is 527 g/mol. The number of hydrogen-bond acceptors (Lipinski definition) is 3. The molecule has 0 saturated carbocycles. The molecule has 0 fully saturated rings. The van der Waals surface area contributed by atoms with E-state index in [0.717, 1.165) is 45.7 Å². The number of benzene rings is 4. The Bertz CT molecular complexity index is 1590. The van der Waals surface area contributed by atoms with Gasteiger partial charge >= 0.3 is 0 Å². The molecule has 6 rings (SSSR count). The van der Waals surface area contributed by atoms with Gasteiger partial charge in [0.15, 0.2) is 5.78 Å². The first kappa shape index (κ1) is 24.1. The van der Waals surface area contributed by atoms with Gasteiger partial charge in [-0.15, -0.1) is 0 Å². The molecule has 1 unspecified atom stereocenters. The van der Waals surface area contributed by atoms with Crippen molar-refractivity contribution in [3.05, 3.63) is 111 Å². The summed E-state index contributed by atoms with van der Waals surface area (Å²) in [4.78, 5) is 13.8. The highest BCUT2D eigenvalue weighted by Gasteiger charge is 2.41. The Morgan fingerprint density at radius 1 is 0.946 bits per heavy atom. The molecular formula is C32H27Cl2NO2. The van der Waals surface area contributed by atoms with Crippen LogP contribution in [0.25, 0.3) is 16.3 Å². The standard InChI is InChI=1S/C32H27Cl2NO2/c1-32(2)16-24-29-22-8-4-3-7-19(22)12-14-26(29)35-31(30(24)27(36)17-32)23-9-5-6-10-28(23)37-18-20-11-13-21(33)15-25(20)34/h3-15,31,35H,16-18H2,1-2H3. The minimum atomic E-state index is -0.302. The van der Waals surface area contributed by atoms with E-state index < -0.39 is 0 Å². The average molecular weight is 528 g/mol. The van der Waals surface area contributed by atoms with Crippen LogP contribution in [0.1, 0.15) is 49.4 Å². The van der Waals surface area contributed by atoms with Gasteiger partial charge in [0.1, 0.15) is 12.4 Å². The lowest BCUT2D eigenvalue weighted by Crippen LogP contribution is -2.33. The number of Topliss-reactive ketones (excluding diaryl/α,β-unsaturated/α-hetero) is 1. The van der Waals surface area contributed by atoms with Crippen LogP contribution in [0.5, 0.6) is 5.75 Å². The van der Waals surface area contributed by atoms with Crippen LogP contribution in [0.15, 0.2) is 84.4 Å². The number of halogens is 2. The number of ketones is 1. The van der Waals surface area contributed by atoms with Crippen molar-refractivity contribution >= 4 is 51.0 Å². The third-order valence-corrected chi connectivity index (χ3v) is 7.95. The van der Waals surface area contributed by atoms with E-state index >= 15 is 0 Å². The van der Waals surface area contributed by atoms with Gasteiger partial charge in [0.05, 0.1) is 6.04 Å². The number of carbonyl (C=O) groups excluding carboxylic acids is 1. The number of ether oxygens (including phenoxy) is 1. The smallest absolute Gasteiger partial charge is 0.162 e. The Balaban J connectivity index is 1.47. The van der Waals surface area contributed by atoms with E-state index in [4.69, 9.17) is 27.9 Å². The van der Waals surface area contributed by atoms with E-state index in [1.165, 1.54) is 10.8 Å². The number of anilines is 1. The zero-order valence-electron chi connectivity index (χ0n) is 20.8. The van der Waals surface area contributed by atoms with Gasteiger partial charge < -0.3 is 10.1 Å². The summed E-state index contributed by atoms with van der Waals surface area (Å²) in [6.07, 6.45) is 1.37. The second-order valence-corrected chi connectivity index (χ2v) is 11.5. The number of para-hydroxylation sites is 1. The van der Waals surface area contributed by atoms with Gasteiger partial charge in [-0.05, 0) is 52.4 Å². The van der Waals surface area contributed by atoms with E-state index in [1.54, 1.807) is 6.07 Å². The highest BCUT2D eigenvalue weighted by atomic mass is 35.5. The molecule has 4 aromatic rings. The van der Waals surface area contributed by atoms with Crippen LogP contribution in [0.4, 0.5) is 5.69 Å². The molecule has 1 heterocycles. The molecule has 4 aromatic carbocycles. The Morgan fingerprint density at radius 3 is 2.57 bits per heavy atom. The highest BCUT2D eigenvalue weighted by molar-refractivity contribution is 6.35. The SMILES string of the molecule is CC1(C)CC(=O)C2=C(C1)c1c(ccc3ccccc13)NC2c1ccccc1OCc1ccc(Cl)cc1Cl. The summed E-state index contributed by atoms with van der Waals surface area (Å²) in [5.41, 5.74) is 5.88. The quantitative estimate of drug-likeness (QED) is 0.287. The third-order valence-electron chi connectivity index (χ3n) is 7.37. The van der Waals surface area contributed by atoms with Crippen molar-refractivity contribution in [2.24, 2.45) is 5.41 Å². The molecule has 5 heteroatoms. The number of allylic oxidation sites excluding steroid dienone is 1. The van der Waals surface area contributed by atoms with Crippen LogP contribution in [0.2, 0.25) is 10.0 Å². The van der Waals surface area contributed by atoms with E-state index in [0.29, 0.717) is 23.1 Å². The zero-order valence-corrected chi connectivity index (χ0v) is 22.3. The summed E-state index contributed by atoms with van der Waals surface area (Å²) >= 11 is 12.5. The summed E-state index contributed by atoms with van der Waals surface area (Å²) < 4.78 is 6.31. The van der Waals surface area contributed by atoms with Gasteiger partial charge in [0.25, 0.3) is 0 Å². The fraction of sp³-hybridized carbons (Fsp3) is 0.219. The normalized spacial score (nSPS) is 18.3. The zero-order chi connectivity index (χ0) is 25.7. The van der Waals surface area contributed by atoms with E-state index in [1.807, 2.05) is 36.4 Å². The first-order chi connectivity index (χ1) is 17.8. The van der Waals surface area contributed by atoms with Crippen molar-refractivity contribution in [2.75, 3.05) is 5.32 Å². The molecule has 1 N–H and O–H groups in total. The molecular weight excluding hydrogens is 501 g/mol. The molecule has 0 radical (unpaired) electrons. The van der Waals surface area contributed by atoms with Crippen molar-refractivity contribution in [1.82, 2.24) is 0 Å². The van der Waals surface area contributed by atoms with Crippen molar-refractivity contribution in [3.63, 3.8) is 0 Å². The van der Waals surface area contributed by atoms with Crippen LogP contribution in [0.3, 0.4) is 0 Å². The van der Waals surface area contributed by atoms with Gasteiger partial charge in [0, 0.05) is 44.4 Å². The van der Waals surface area contributed by atoms with Crippen molar-refractivity contribution in [1.29, 1.82) is 0 Å². The maximum atomic E-state index is 13.8. The lowest BCUT2D eigenvalue weighted by Gasteiger charge is -2.40. The van der Waals surface area contributed by atoms with Crippen LogP contribution in [0, 0.1) is 5.41 Å². The van der Waals surface area contributed by atoms with Crippen molar-refractivity contribution < 1.29 is 9.53 Å². The molecule has 3 nitrogen and oxygen atoms in total. The van der Waals surface area contributed by atoms with Crippen molar-refractivity contribution in [2.45, 2.75) is 39.3 Å². The number of hydrogen-bond donors (Lipinski definition) is 1. The van der Waals surface area contributed by atoms with Crippen LogP contribution < -0.4 is 10.1 Å². The fourth-order valence-electron chi connectivity index (χ4n) is 5.72. The second kappa shape index (κ2) is 9.24. The molecule has 1 aliphatic heterocycles. The molecule has 0 saturated heterocycles. The number of rotatable bonds is 4. The summed E-state index contributed by atoms with van der Waals surface area (Å²) in [6.45, 7) is 4.67. The third kappa shape index (κ3) is 4.41. The Hall–Kier alpha value is -3.27. The van der Waals surface area contributed by atoms with Crippen molar-refractivity contribution in [3.8, 4) is 5.75 Å². The number of carbonyl (C=O) groups is 1. The molecule has 1 aliphatic carbocycles. The predicted octanol–water partition coefficient (Wildman–Crippen LogP) is 9.04. The molecule has 0 amide bonds. The fourth-order valence-corrected chi connectivity index (χ4v) is 6.18. The topological polar surface area (TPSA) is 38.3 Å². The largest absolute Gasteiger partial charge is 0.488 e. The van der Waals surface area contributed by atoms with Crippen LogP contribution >= 0.6 is 23.2 Å². The summed E-state index contributed by atoms with van der Waals surface area (Å²) in [6, 6.07) is 25.7. The van der Waals surface area contributed by atoms with E-state index in [-0.39, 0.29) is 17.2 Å². The molecule has 186 valence electrons. The van der Waals surface area contributed by atoms with Gasteiger partial charge in [-0.3, -0.25) is 4.79 Å². The Morgan fingerprint density at radius 2 is 1.73 bits per heavy atom. The van der Waals surface area contributed by atoms with Gasteiger partial charge in [0.2, 0.25) is 0 Å².